The molecular formula is C23H39N5O3. The van der Waals surface area contributed by atoms with Crippen LogP contribution in [0.25, 0.3) is 0 Å². The van der Waals surface area contributed by atoms with Crippen LogP contribution >= 0.6 is 0 Å². The molecule has 2 heterocycles. The molecule has 8 nitrogen and oxygen atoms in total. The third-order valence-electron chi connectivity index (χ3n) is 5.76. The molecule has 1 saturated carbocycles. The van der Waals surface area contributed by atoms with Crippen molar-refractivity contribution in [3.05, 3.63) is 17.3 Å². The monoisotopic (exact) mass is 433 g/mol. The van der Waals surface area contributed by atoms with Crippen LogP contribution in [0.1, 0.15) is 70.7 Å². The van der Waals surface area contributed by atoms with Gasteiger partial charge in [-0.1, -0.05) is 0 Å². The van der Waals surface area contributed by atoms with Gasteiger partial charge in [0.25, 0.3) is 0 Å². The largest absolute Gasteiger partial charge is 0.444 e. The summed E-state index contributed by atoms with van der Waals surface area (Å²) in [6.45, 7) is 15.5. The van der Waals surface area contributed by atoms with Gasteiger partial charge < -0.3 is 24.3 Å². The van der Waals surface area contributed by atoms with E-state index in [1.165, 1.54) is 12.8 Å². The van der Waals surface area contributed by atoms with Crippen molar-refractivity contribution in [1.29, 1.82) is 0 Å². The van der Waals surface area contributed by atoms with Gasteiger partial charge in [-0.05, 0) is 73.1 Å². The van der Waals surface area contributed by atoms with E-state index in [2.05, 4.69) is 22.1 Å². The highest BCUT2D eigenvalue weighted by molar-refractivity contribution is 5.80. The standard InChI is InChI=1S/C23H39N5O3/c1-7-24-21(25-14-20-26-16(2)17(3)30-20)27-12-10-19(11-13-27)28(15-18-8-9-18)22(29)31-23(4,5)6/h18-19H,7-15H2,1-6H3,(H,24,25). The van der Waals surface area contributed by atoms with E-state index in [9.17, 15) is 4.79 Å². The zero-order valence-corrected chi connectivity index (χ0v) is 20.0. The normalized spacial score (nSPS) is 18.3. The predicted octanol–water partition coefficient (Wildman–Crippen LogP) is 3.87. The summed E-state index contributed by atoms with van der Waals surface area (Å²) in [6.07, 6.45) is 4.08. The molecule has 174 valence electrons. The van der Waals surface area contributed by atoms with Crippen molar-refractivity contribution in [3.8, 4) is 0 Å². The van der Waals surface area contributed by atoms with Crippen molar-refractivity contribution in [1.82, 2.24) is 20.1 Å². The molecule has 0 radical (unpaired) electrons. The summed E-state index contributed by atoms with van der Waals surface area (Å²) >= 11 is 0. The van der Waals surface area contributed by atoms with Crippen molar-refractivity contribution in [2.75, 3.05) is 26.2 Å². The van der Waals surface area contributed by atoms with E-state index in [1.54, 1.807) is 0 Å². The van der Waals surface area contributed by atoms with Crippen molar-refractivity contribution in [2.45, 2.75) is 85.4 Å². The fraction of sp³-hybridized carbons (Fsp3) is 0.783. The van der Waals surface area contributed by atoms with Crippen molar-refractivity contribution in [3.63, 3.8) is 0 Å². The summed E-state index contributed by atoms with van der Waals surface area (Å²) in [5, 5.41) is 3.39. The van der Waals surface area contributed by atoms with Crippen molar-refractivity contribution in [2.24, 2.45) is 10.9 Å². The van der Waals surface area contributed by atoms with Crippen LogP contribution < -0.4 is 5.32 Å². The number of aryl methyl sites for hydroxylation is 2. The fourth-order valence-corrected chi connectivity index (χ4v) is 3.84. The Morgan fingerprint density at radius 3 is 2.45 bits per heavy atom. The summed E-state index contributed by atoms with van der Waals surface area (Å²) in [7, 11) is 0. The Morgan fingerprint density at radius 1 is 1.26 bits per heavy atom. The van der Waals surface area contributed by atoms with Crippen LogP contribution in [0.4, 0.5) is 4.79 Å². The molecular weight excluding hydrogens is 394 g/mol. The fourth-order valence-electron chi connectivity index (χ4n) is 3.84. The minimum atomic E-state index is -0.471. The van der Waals surface area contributed by atoms with Crippen LogP contribution in [0.3, 0.4) is 0 Å². The molecule has 0 spiro atoms. The van der Waals surface area contributed by atoms with Crippen LogP contribution in [0.2, 0.25) is 0 Å². The van der Waals surface area contributed by atoms with E-state index in [0.717, 1.165) is 56.4 Å². The topological polar surface area (TPSA) is 83.2 Å². The van der Waals surface area contributed by atoms with Crippen molar-refractivity contribution >= 4 is 12.1 Å². The lowest BCUT2D eigenvalue weighted by Gasteiger charge is -2.40. The summed E-state index contributed by atoms with van der Waals surface area (Å²) in [4.78, 5) is 26.3. The number of rotatable bonds is 6. The third kappa shape index (κ3) is 6.87. The third-order valence-corrected chi connectivity index (χ3v) is 5.76. The smallest absolute Gasteiger partial charge is 0.410 e. The summed E-state index contributed by atoms with van der Waals surface area (Å²) in [5.74, 6) is 2.99. The van der Waals surface area contributed by atoms with E-state index < -0.39 is 5.60 Å². The summed E-state index contributed by atoms with van der Waals surface area (Å²) in [6, 6.07) is 0.214. The maximum absolute atomic E-state index is 12.9. The Balaban J connectivity index is 1.61. The first-order valence-corrected chi connectivity index (χ1v) is 11.6. The average Bonchev–Trinajstić information content (AvgIpc) is 3.46. The van der Waals surface area contributed by atoms with Gasteiger partial charge in [-0.25, -0.2) is 14.8 Å². The Morgan fingerprint density at radius 2 is 1.94 bits per heavy atom. The zero-order valence-electron chi connectivity index (χ0n) is 20.0. The number of piperidine rings is 1. The van der Waals surface area contributed by atoms with Crippen LogP contribution in [0.5, 0.6) is 0 Å². The number of guanidine groups is 1. The second-order valence-electron chi connectivity index (χ2n) is 9.71. The lowest BCUT2D eigenvalue weighted by Crippen LogP contribution is -2.52. The molecule has 0 aromatic carbocycles. The molecule has 1 N–H and O–H groups in total. The highest BCUT2D eigenvalue weighted by atomic mass is 16.6. The molecule has 31 heavy (non-hydrogen) atoms. The van der Waals surface area contributed by atoms with E-state index in [0.29, 0.717) is 18.4 Å². The van der Waals surface area contributed by atoms with Crippen LogP contribution in [0, 0.1) is 19.8 Å². The first-order chi connectivity index (χ1) is 14.7. The molecule has 0 unspecified atom stereocenters. The Labute approximate surface area is 186 Å². The number of ether oxygens (including phenoxy) is 1. The second kappa shape index (κ2) is 9.92. The maximum Gasteiger partial charge on any atom is 0.410 e. The van der Waals surface area contributed by atoms with Crippen LogP contribution in [0.15, 0.2) is 9.41 Å². The molecule has 1 aromatic rings. The van der Waals surface area contributed by atoms with Gasteiger partial charge in [0, 0.05) is 32.2 Å². The molecule has 8 heteroatoms. The number of likely N-dealkylation sites (tertiary alicyclic amines) is 1. The van der Waals surface area contributed by atoms with Crippen molar-refractivity contribution < 1.29 is 13.9 Å². The lowest BCUT2D eigenvalue weighted by atomic mass is 10.0. The quantitative estimate of drug-likeness (QED) is 0.542. The van der Waals surface area contributed by atoms with Crippen LogP contribution in [-0.2, 0) is 11.3 Å². The number of nitrogens with one attached hydrogen (secondary N) is 1. The highest BCUT2D eigenvalue weighted by Crippen LogP contribution is 2.32. The number of aliphatic imine (C=N–C) groups is 1. The number of hydrogen-bond donors (Lipinski definition) is 1. The van der Waals surface area contributed by atoms with E-state index in [-0.39, 0.29) is 12.1 Å². The van der Waals surface area contributed by atoms with Gasteiger partial charge in [0.05, 0.1) is 5.69 Å². The molecule has 1 aromatic heterocycles. The average molecular weight is 434 g/mol. The minimum absolute atomic E-state index is 0.173. The van der Waals surface area contributed by atoms with Gasteiger partial charge in [-0.2, -0.15) is 0 Å². The molecule has 0 atom stereocenters. The number of aromatic nitrogens is 1. The van der Waals surface area contributed by atoms with E-state index >= 15 is 0 Å². The van der Waals surface area contributed by atoms with E-state index in [1.807, 2.05) is 39.5 Å². The molecule has 2 aliphatic rings. The summed E-state index contributed by atoms with van der Waals surface area (Å²) in [5.41, 5.74) is 0.440. The molecule has 1 amide bonds. The first-order valence-electron chi connectivity index (χ1n) is 11.6. The highest BCUT2D eigenvalue weighted by Gasteiger charge is 2.35. The number of carbonyl (C=O) groups excluding carboxylic acids is 1. The Kier molecular flexibility index (Phi) is 7.49. The molecule has 1 aliphatic carbocycles. The number of hydrogen-bond acceptors (Lipinski definition) is 5. The molecule has 0 bridgehead atoms. The molecule has 2 fully saturated rings. The predicted molar refractivity (Wildman–Crippen MR) is 121 cm³/mol. The number of nitrogens with zero attached hydrogens (tertiary/aromatic N) is 4. The Hall–Kier alpha value is -2.25. The van der Waals surface area contributed by atoms with Gasteiger partial charge in [-0.15, -0.1) is 0 Å². The number of carbonyl (C=O) groups is 1. The minimum Gasteiger partial charge on any atom is -0.444 e. The number of oxazole rings is 1. The number of amides is 1. The first kappa shape index (κ1) is 23.4. The van der Waals surface area contributed by atoms with Crippen LogP contribution in [-0.4, -0.2) is 64.7 Å². The van der Waals surface area contributed by atoms with Gasteiger partial charge in [0.1, 0.15) is 17.9 Å². The molecule has 1 aliphatic heterocycles. The maximum atomic E-state index is 12.9. The van der Waals surface area contributed by atoms with Gasteiger partial charge >= 0.3 is 6.09 Å². The SMILES string of the molecule is CCNC(=NCc1nc(C)c(C)o1)N1CCC(N(CC2CC2)C(=O)OC(C)(C)C)CC1. The van der Waals surface area contributed by atoms with Gasteiger partial charge in [-0.3, -0.25) is 0 Å². The zero-order chi connectivity index (χ0) is 22.6. The lowest BCUT2D eigenvalue weighted by molar-refractivity contribution is 0.00928. The Bertz CT molecular complexity index is 751. The van der Waals surface area contributed by atoms with Gasteiger partial charge in [0.15, 0.2) is 5.96 Å². The summed E-state index contributed by atoms with van der Waals surface area (Å²) < 4.78 is 11.4. The van der Waals surface area contributed by atoms with Gasteiger partial charge in [0.2, 0.25) is 5.89 Å². The molecule has 1 saturated heterocycles. The second-order valence-corrected chi connectivity index (χ2v) is 9.71. The van der Waals surface area contributed by atoms with E-state index in [4.69, 9.17) is 14.1 Å². The molecule has 3 rings (SSSR count).